The number of carbonyl (C=O) groups is 1. The van der Waals surface area contributed by atoms with Crippen molar-refractivity contribution in [1.29, 1.82) is 0 Å². The van der Waals surface area contributed by atoms with Crippen LogP contribution in [0, 0.1) is 11.8 Å². The summed E-state index contributed by atoms with van der Waals surface area (Å²) >= 11 is 0. The number of carboxylic acid groups (broad SMARTS) is 1. The minimum Gasteiger partial charge on any atom is -0.465 e. The monoisotopic (exact) mass is 189 g/mol. The second-order valence-corrected chi connectivity index (χ2v) is 3.52. The van der Waals surface area contributed by atoms with Gasteiger partial charge in [-0.1, -0.05) is 0 Å². The molecule has 5 heteroatoms. The molecule has 1 fully saturated rings. The molecule has 1 rings (SSSR count). The highest BCUT2D eigenvalue weighted by atomic mass is 16.4. The van der Waals surface area contributed by atoms with Crippen molar-refractivity contribution < 1.29 is 20.1 Å². The third-order valence-corrected chi connectivity index (χ3v) is 2.59. The lowest BCUT2D eigenvalue weighted by Gasteiger charge is -2.16. The van der Waals surface area contributed by atoms with Crippen LogP contribution < -0.4 is 5.32 Å². The highest BCUT2D eigenvalue weighted by Gasteiger charge is 2.34. The summed E-state index contributed by atoms with van der Waals surface area (Å²) in [6.07, 6.45) is 0.244. The van der Waals surface area contributed by atoms with Crippen molar-refractivity contribution in [2.75, 3.05) is 13.2 Å². The minimum absolute atomic E-state index is 0.0263. The summed E-state index contributed by atoms with van der Waals surface area (Å²) in [5, 5.41) is 28.7. The summed E-state index contributed by atoms with van der Waals surface area (Å²) in [7, 11) is 0. The molecule has 1 saturated carbocycles. The molecule has 76 valence electrons. The maximum Gasteiger partial charge on any atom is 0.404 e. The fourth-order valence-electron chi connectivity index (χ4n) is 1.93. The van der Waals surface area contributed by atoms with E-state index in [1.165, 1.54) is 0 Å². The second-order valence-electron chi connectivity index (χ2n) is 3.52. The Hall–Kier alpha value is -0.810. The lowest BCUT2D eigenvalue weighted by molar-refractivity contribution is 0.172. The highest BCUT2D eigenvalue weighted by molar-refractivity contribution is 5.64. The van der Waals surface area contributed by atoms with E-state index in [-0.39, 0.29) is 31.1 Å². The SMILES string of the molecule is O=C(O)N[C@@H]1C[C@@H](CO)C[C@@H]1CO. The molecular weight excluding hydrogens is 174 g/mol. The van der Waals surface area contributed by atoms with Gasteiger partial charge in [0.25, 0.3) is 0 Å². The van der Waals surface area contributed by atoms with Gasteiger partial charge >= 0.3 is 6.09 Å². The lowest BCUT2D eigenvalue weighted by atomic mass is 10.1. The second kappa shape index (κ2) is 4.43. The molecule has 0 heterocycles. The molecule has 1 aliphatic carbocycles. The molecule has 5 nitrogen and oxygen atoms in total. The van der Waals surface area contributed by atoms with Crippen molar-refractivity contribution in [1.82, 2.24) is 5.32 Å². The predicted octanol–water partition coefficient (Wildman–Crippen LogP) is -0.367. The molecule has 0 spiro atoms. The molecule has 3 atom stereocenters. The lowest BCUT2D eigenvalue weighted by Crippen LogP contribution is -2.37. The van der Waals surface area contributed by atoms with E-state index in [1.807, 2.05) is 0 Å². The standard InChI is InChI=1S/C8H15NO4/c10-3-5-1-6(4-11)7(2-5)9-8(12)13/h5-7,9-11H,1-4H2,(H,12,13)/t5-,6+,7+/m0/s1. The van der Waals surface area contributed by atoms with Gasteiger partial charge in [-0.05, 0) is 18.8 Å². The van der Waals surface area contributed by atoms with Crippen LogP contribution in [-0.4, -0.2) is 40.7 Å². The van der Waals surface area contributed by atoms with Gasteiger partial charge < -0.3 is 20.6 Å². The Morgan fingerprint density at radius 2 is 2.00 bits per heavy atom. The van der Waals surface area contributed by atoms with E-state index >= 15 is 0 Å². The van der Waals surface area contributed by atoms with Gasteiger partial charge in [0.15, 0.2) is 0 Å². The van der Waals surface area contributed by atoms with Gasteiger partial charge in [-0.25, -0.2) is 4.79 Å². The van der Waals surface area contributed by atoms with Crippen molar-refractivity contribution in [3.63, 3.8) is 0 Å². The van der Waals surface area contributed by atoms with E-state index in [0.717, 1.165) is 0 Å². The molecule has 0 aliphatic heterocycles. The first kappa shape index (κ1) is 10.3. The van der Waals surface area contributed by atoms with E-state index in [1.54, 1.807) is 0 Å². The molecular formula is C8H15NO4. The first-order valence-corrected chi connectivity index (χ1v) is 4.38. The Morgan fingerprint density at radius 3 is 2.46 bits per heavy atom. The van der Waals surface area contributed by atoms with Crippen LogP contribution in [0.4, 0.5) is 4.79 Å². The number of hydrogen-bond donors (Lipinski definition) is 4. The molecule has 0 aromatic carbocycles. The van der Waals surface area contributed by atoms with E-state index in [2.05, 4.69) is 5.32 Å². The van der Waals surface area contributed by atoms with E-state index in [0.29, 0.717) is 12.8 Å². The first-order valence-electron chi connectivity index (χ1n) is 4.38. The Labute approximate surface area is 76.4 Å². The molecule has 0 unspecified atom stereocenters. The average Bonchev–Trinajstić information content (AvgIpc) is 2.46. The summed E-state index contributed by atoms with van der Waals surface area (Å²) in [5.74, 6) is 0.0715. The Morgan fingerprint density at radius 1 is 1.31 bits per heavy atom. The van der Waals surface area contributed by atoms with E-state index in [4.69, 9.17) is 15.3 Å². The van der Waals surface area contributed by atoms with Gasteiger partial charge in [-0.3, -0.25) is 0 Å². The van der Waals surface area contributed by atoms with Crippen molar-refractivity contribution in [2.24, 2.45) is 11.8 Å². The number of nitrogens with one attached hydrogen (secondary N) is 1. The van der Waals surface area contributed by atoms with Crippen LogP contribution in [0.25, 0.3) is 0 Å². The average molecular weight is 189 g/mol. The normalized spacial score (nSPS) is 33.2. The van der Waals surface area contributed by atoms with Crippen molar-refractivity contribution in [3.05, 3.63) is 0 Å². The maximum atomic E-state index is 10.4. The molecule has 0 saturated heterocycles. The Kier molecular flexibility index (Phi) is 3.50. The van der Waals surface area contributed by atoms with Crippen LogP contribution in [0.1, 0.15) is 12.8 Å². The van der Waals surface area contributed by atoms with Crippen LogP contribution in [0.3, 0.4) is 0 Å². The van der Waals surface area contributed by atoms with Crippen LogP contribution >= 0.6 is 0 Å². The molecule has 4 N–H and O–H groups in total. The summed E-state index contributed by atoms with van der Waals surface area (Å²) in [6, 6.07) is -0.209. The third kappa shape index (κ3) is 2.57. The maximum absolute atomic E-state index is 10.4. The number of rotatable bonds is 3. The predicted molar refractivity (Wildman–Crippen MR) is 45.3 cm³/mol. The number of aliphatic hydroxyl groups excluding tert-OH is 2. The smallest absolute Gasteiger partial charge is 0.404 e. The van der Waals surface area contributed by atoms with E-state index < -0.39 is 6.09 Å². The van der Waals surface area contributed by atoms with Gasteiger partial charge in [0.2, 0.25) is 0 Å². The zero-order valence-corrected chi connectivity index (χ0v) is 7.31. The number of amides is 1. The summed E-state index contributed by atoms with van der Waals surface area (Å²) < 4.78 is 0. The quantitative estimate of drug-likeness (QED) is 0.487. The van der Waals surface area contributed by atoms with Crippen molar-refractivity contribution in [3.8, 4) is 0 Å². The Balaban J connectivity index is 2.47. The molecule has 13 heavy (non-hydrogen) atoms. The third-order valence-electron chi connectivity index (χ3n) is 2.59. The van der Waals surface area contributed by atoms with Crippen LogP contribution in [0.15, 0.2) is 0 Å². The molecule has 1 aliphatic rings. The molecule has 1 amide bonds. The van der Waals surface area contributed by atoms with Crippen LogP contribution in [0.5, 0.6) is 0 Å². The molecule has 0 bridgehead atoms. The fourth-order valence-corrected chi connectivity index (χ4v) is 1.93. The summed E-state index contributed by atoms with van der Waals surface area (Å²) in [5.41, 5.74) is 0. The van der Waals surface area contributed by atoms with E-state index in [9.17, 15) is 4.79 Å². The first-order chi connectivity index (χ1) is 6.17. The molecule has 0 radical (unpaired) electrons. The largest absolute Gasteiger partial charge is 0.465 e. The Bertz CT molecular complexity index is 185. The van der Waals surface area contributed by atoms with Gasteiger partial charge in [-0.2, -0.15) is 0 Å². The number of aliphatic hydroxyl groups is 2. The molecule has 0 aromatic rings. The van der Waals surface area contributed by atoms with Crippen molar-refractivity contribution >= 4 is 6.09 Å². The zero-order chi connectivity index (χ0) is 9.84. The van der Waals surface area contributed by atoms with Gasteiger partial charge in [-0.15, -0.1) is 0 Å². The zero-order valence-electron chi connectivity index (χ0n) is 7.31. The fraction of sp³-hybridized carbons (Fsp3) is 0.875. The summed E-state index contributed by atoms with van der Waals surface area (Å²) in [6.45, 7) is 0.0374. The summed E-state index contributed by atoms with van der Waals surface area (Å²) in [4.78, 5) is 10.4. The number of hydrogen-bond acceptors (Lipinski definition) is 3. The van der Waals surface area contributed by atoms with Gasteiger partial charge in [0.05, 0.1) is 0 Å². The van der Waals surface area contributed by atoms with Crippen LogP contribution in [-0.2, 0) is 0 Å². The minimum atomic E-state index is -1.07. The molecule has 0 aromatic heterocycles. The van der Waals surface area contributed by atoms with Crippen molar-refractivity contribution in [2.45, 2.75) is 18.9 Å². The van der Waals surface area contributed by atoms with Crippen LogP contribution in [0.2, 0.25) is 0 Å². The van der Waals surface area contributed by atoms with Gasteiger partial charge in [0, 0.05) is 25.2 Å². The topological polar surface area (TPSA) is 89.8 Å². The highest BCUT2D eigenvalue weighted by Crippen LogP contribution is 2.30. The van der Waals surface area contributed by atoms with Gasteiger partial charge in [0.1, 0.15) is 0 Å².